The van der Waals surface area contributed by atoms with Crippen LogP contribution in [-0.4, -0.2) is 30.8 Å². The molecule has 0 radical (unpaired) electrons. The Hall–Kier alpha value is -1.55. The third-order valence-corrected chi connectivity index (χ3v) is 2.62. The third kappa shape index (κ3) is 4.07. The molecule has 1 amide bonds. The second kappa shape index (κ2) is 6.25. The van der Waals surface area contributed by atoms with Crippen LogP contribution in [0.4, 0.5) is 0 Å². The zero-order valence-corrected chi connectivity index (χ0v) is 10.5. The largest absolute Gasteiger partial charge is 0.491 e. The number of amides is 1. The van der Waals surface area contributed by atoms with Crippen molar-refractivity contribution in [3.63, 3.8) is 0 Å². The quantitative estimate of drug-likeness (QED) is 0.754. The van der Waals surface area contributed by atoms with E-state index >= 15 is 0 Å². The van der Waals surface area contributed by atoms with E-state index in [1.54, 1.807) is 0 Å². The molecule has 0 fully saturated rings. The molecule has 4 nitrogen and oxygen atoms in total. The highest BCUT2D eigenvalue weighted by Gasteiger charge is 2.03. The fraction of sp³-hybridized carbons (Fsp3) is 0.462. The molecule has 1 rings (SSSR count). The molecule has 0 aromatic heterocycles. The van der Waals surface area contributed by atoms with Crippen molar-refractivity contribution in [2.24, 2.45) is 0 Å². The smallest absolute Gasteiger partial charge is 0.245 e. The topological polar surface area (TPSA) is 58.6 Å². The number of rotatable bonds is 5. The zero-order chi connectivity index (χ0) is 12.8. The predicted octanol–water partition coefficient (Wildman–Crippen LogP) is 1.10. The second-order valence-corrected chi connectivity index (χ2v) is 4.06. The van der Waals surface area contributed by atoms with Crippen LogP contribution in [0.25, 0.3) is 0 Å². The molecule has 17 heavy (non-hydrogen) atoms. The highest BCUT2D eigenvalue weighted by Crippen LogP contribution is 2.21. The van der Waals surface area contributed by atoms with Gasteiger partial charge in [0.25, 0.3) is 0 Å². The molecule has 0 aliphatic heterocycles. The van der Waals surface area contributed by atoms with E-state index in [2.05, 4.69) is 18.3 Å². The van der Waals surface area contributed by atoms with Crippen molar-refractivity contribution in [2.45, 2.75) is 20.8 Å². The number of hydrogen-bond acceptors (Lipinski definition) is 3. The third-order valence-electron chi connectivity index (χ3n) is 2.62. The Morgan fingerprint density at radius 3 is 2.53 bits per heavy atom. The van der Waals surface area contributed by atoms with Gasteiger partial charge in [-0.2, -0.15) is 0 Å². The van der Waals surface area contributed by atoms with Gasteiger partial charge in [-0.15, -0.1) is 0 Å². The number of benzene rings is 1. The predicted molar refractivity (Wildman–Crippen MR) is 66.2 cm³/mol. The van der Waals surface area contributed by atoms with Gasteiger partial charge in [-0.1, -0.05) is 6.07 Å². The number of aliphatic hydroxyl groups excluding tert-OH is 1. The molecule has 0 aliphatic rings. The summed E-state index contributed by atoms with van der Waals surface area (Å²) >= 11 is 0. The van der Waals surface area contributed by atoms with Crippen molar-refractivity contribution in [1.82, 2.24) is 5.32 Å². The summed E-state index contributed by atoms with van der Waals surface area (Å²) in [6, 6.07) is 4.08. The van der Waals surface area contributed by atoms with E-state index in [1.165, 1.54) is 11.1 Å². The maximum Gasteiger partial charge on any atom is 0.245 e. The molecule has 0 unspecified atom stereocenters. The Balaban J connectivity index is 2.47. The molecule has 94 valence electrons. The lowest BCUT2D eigenvalue weighted by Crippen LogP contribution is -2.30. The van der Waals surface area contributed by atoms with Crippen molar-refractivity contribution in [3.05, 3.63) is 28.8 Å². The van der Waals surface area contributed by atoms with E-state index in [-0.39, 0.29) is 5.91 Å². The first-order valence-electron chi connectivity index (χ1n) is 5.62. The summed E-state index contributed by atoms with van der Waals surface area (Å²) in [5, 5.41) is 11.0. The van der Waals surface area contributed by atoms with E-state index in [9.17, 15) is 4.79 Å². The van der Waals surface area contributed by atoms with Gasteiger partial charge in [-0.05, 0) is 43.5 Å². The van der Waals surface area contributed by atoms with Crippen LogP contribution in [0.15, 0.2) is 12.1 Å². The molecule has 0 aliphatic carbocycles. The lowest BCUT2D eigenvalue weighted by molar-refractivity contribution is -0.123. The van der Waals surface area contributed by atoms with Crippen molar-refractivity contribution in [2.75, 3.05) is 19.8 Å². The van der Waals surface area contributed by atoms with Crippen molar-refractivity contribution in [3.8, 4) is 5.75 Å². The van der Waals surface area contributed by atoms with E-state index in [1.807, 2.05) is 19.9 Å². The Bertz CT molecular complexity index is 402. The monoisotopic (exact) mass is 237 g/mol. The van der Waals surface area contributed by atoms with Crippen LogP contribution in [-0.2, 0) is 4.79 Å². The van der Waals surface area contributed by atoms with Crippen molar-refractivity contribution in [1.29, 1.82) is 0 Å². The number of nitrogens with one attached hydrogen (secondary N) is 1. The summed E-state index contributed by atoms with van der Waals surface area (Å²) in [5.74, 6) is 0.455. The second-order valence-electron chi connectivity index (χ2n) is 4.06. The Morgan fingerprint density at radius 1 is 1.24 bits per heavy atom. The fourth-order valence-electron chi connectivity index (χ4n) is 1.50. The molecule has 0 heterocycles. The van der Waals surface area contributed by atoms with Gasteiger partial charge in [-0.25, -0.2) is 0 Å². The molecule has 0 saturated carbocycles. The summed E-state index contributed by atoms with van der Waals surface area (Å²) in [5.41, 5.74) is 3.51. The minimum atomic E-state index is -0.483. The molecule has 1 aromatic rings. The first-order chi connectivity index (χ1) is 8.04. The first kappa shape index (κ1) is 13.5. The van der Waals surface area contributed by atoms with Crippen LogP contribution < -0.4 is 10.1 Å². The van der Waals surface area contributed by atoms with E-state index in [4.69, 9.17) is 9.84 Å². The Labute approximate surface area is 102 Å². The molecular weight excluding hydrogens is 218 g/mol. The highest BCUT2D eigenvalue weighted by atomic mass is 16.5. The Kier molecular flexibility index (Phi) is 4.97. The SMILES string of the molecule is Cc1cc(C)c(OCCNC(=O)CO)cc1C. The number of aliphatic hydroxyl groups is 1. The summed E-state index contributed by atoms with van der Waals surface area (Å²) < 4.78 is 5.57. The number of carbonyl (C=O) groups excluding carboxylic acids is 1. The first-order valence-corrected chi connectivity index (χ1v) is 5.62. The van der Waals surface area contributed by atoms with Gasteiger partial charge in [-0.3, -0.25) is 4.79 Å². The van der Waals surface area contributed by atoms with Crippen LogP contribution in [0.3, 0.4) is 0 Å². The molecule has 2 N–H and O–H groups in total. The molecular formula is C13H19NO3. The Morgan fingerprint density at radius 2 is 1.88 bits per heavy atom. The normalized spacial score (nSPS) is 10.1. The summed E-state index contributed by atoms with van der Waals surface area (Å²) in [6.07, 6.45) is 0. The van der Waals surface area contributed by atoms with Gasteiger partial charge in [0, 0.05) is 0 Å². The van der Waals surface area contributed by atoms with Gasteiger partial charge >= 0.3 is 0 Å². The number of ether oxygens (including phenoxy) is 1. The maximum absolute atomic E-state index is 10.8. The standard InChI is InChI=1S/C13H19NO3/c1-9-6-11(3)12(7-10(9)2)17-5-4-14-13(16)8-15/h6-7,15H,4-5,8H2,1-3H3,(H,14,16). The fourth-order valence-corrected chi connectivity index (χ4v) is 1.50. The summed E-state index contributed by atoms with van der Waals surface area (Å²) in [6.45, 7) is 6.40. The molecule has 0 atom stereocenters. The zero-order valence-electron chi connectivity index (χ0n) is 10.5. The molecule has 4 heteroatoms. The number of hydrogen-bond donors (Lipinski definition) is 2. The van der Waals surface area contributed by atoms with Crippen molar-refractivity contribution >= 4 is 5.91 Å². The van der Waals surface area contributed by atoms with Gasteiger partial charge in [0.2, 0.25) is 5.91 Å². The molecule has 0 saturated heterocycles. The number of carbonyl (C=O) groups is 1. The van der Waals surface area contributed by atoms with Gasteiger partial charge in [0.15, 0.2) is 0 Å². The molecule has 0 spiro atoms. The van der Waals surface area contributed by atoms with Gasteiger partial charge < -0.3 is 15.2 Å². The van der Waals surface area contributed by atoms with Crippen LogP contribution in [0.1, 0.15) is 16.7 Å². The number of aryl methyl sites for hydroxylation is 3. The van der Waals surface area contributed by atoms with Crippen molar-refractivity contribution < 1.29 is 14.6 Å². The lowest BCUT2D eigenvalue weighted by Gasteiger charge is -2.12. The van der Waals surface area contributed by atoms with Crippen LogP contribution in [0.2, 0.25) is 0 Å². The average molecular weight is 237 g/mol. The van der Waals surface area contributed by atoms with E-state index in [0.29, 0.717) is 13.2 Å². The van der Waals surface area contributed by atoms with Gasteiger partial charge in [0.1, 0.15) is 19.0 Å². The maximum atomic E-state index is 10.8. The molecule has 1 aromatic carbocycles. The minimum absolute atomic E-state index is 0.384. The van der Waals surface area contributed by atoms with E-state index in [0.717, 1.165) is 11.3 Å². The highest BCUT2D eigenvalue weighted by molar-refractivity contribution is 5.76. The molecule has 0 bridgehead atoms. The van der Waals surface area contributed by atoms with Crippen LogP contribution >= 0.6 is 0 Å². The minimum Gasteiger partial charge on any atom is -0.491 e. The average Bonchev–Trinajstić information content (AvgIpc) is 2.30. The summed E-state index contributed by atoms with van der Waals surface area (Å²) in [7, 11) is 0. The van der Waals surface area contributed by atoms with Crippen LogP contribution in [0, 0.1) is 20.8 Å². The van der Waals surface area contributed by atoms with Gasteiger partial charge in [0.05, 0.1) is 6.54 Å². The van der Waals surface area contributed by atoms with Crippen LogP contribution in [0.5, 0.6) is 5.75 Å². The summed E-state index contributed by atoms with van der Waals surface area (Å²) in [4.78, 5) is 10.8. The van der Waals surface area contributed by atoms with E-state index < -0.39 is 6.61 Å². The lowest BCUT2D eigenvalue weighted by atomic mass is 10.1.